The van der Waals surface area contributed by atoms with E-state index in [1.807, 2.05) is 54.7 Å². The number of amides is 2. The summed E-state index contributed by atoms with van der Waals surface area (Å²) in [5.74, 6) is 1.38. The number of aromatic nitrogens is 4. The fraction of sp³-hybridized carbons (Fsp3) is 0.259. The Hall–Kier alpha value is -4.07. The van der Waals surface area contributed by atoms with E-state index in [4.69, 9.17) is 27.3 Å². The molecule has 10 heteroatoms. The monoisotopic (exact) mass is 515 g/mol. The first-order chi connectivity index (χ1) is 18.2. The van der Waals surface area contributed by atoms with Crippen LogP contribution in [0, 0.1) is 12.8 Å². The van der Waals surface area contributed by atoms with Crippen molar-refractivity contribution in [1.82, 2.24) is 30.4 Å². The Morgan fingerprint density at radius 3 is 2.78 bits per heavy atom. The molecule has 190 valence electrons. The summed E-state index contributed by atoms with van der Waals surface area (Å²) in [7, 11) is 0. The molecule has 9 nitrogen and oxygen atoms in total. The first-order valence-corrected chi connectivity index (χ1v) is 12.4. The van der Waals surface area contributed by atoms with E-state index in [2.05, 4.69) is 33.3 Å². The number of benzene rings is 1. The highest BCUT2D eigenvalue weighted by Crippen LogP contribution is 2.32. The predicted molar refractivity (Wildman–Crippen MR) is 150 cm³/mol. The quantitative estimate of drug-likeness (QED) is 0.355. The van der Waals surface area contributed by atoms with Crippen molar-refractivity contribution in [3.05, 3.63) is 60.5 Å². The second-order valence-electron chi connectivity index (χ2n) is 8.19. The second kappa shape index (κ2) is 12.8. The van der Waals surface area contributed by atoms with Crippen LogP contribution >= 0.6 is 12.6 Å². The number of rotatable bonds is 5. The fourth-order valence-corrected chi connectivity index (χ4v) is 4.37. The Morgan fingerprint density at radius 2 is 1.95 bits per heavy atom. The van der Waals surface area contributed by atoms with Crippen LogP contribution in [0.3, 0.4) is 0 Å². The van der Waals surface area contributed by atoms with Gasteiger partial charge >= 0.3 is 6.03 Å². The maximum absolute atomic E-state index is 12.5. The zero-order valence-corrected chi connectivity index (χ0v) is 21.3. The Bertz CT molecular complexity index is 1340. The van der Waals surface area contributed by atoms with Crippen molar-refractivity contribution >= 4 is 41.5 Å². The lowest BCUT2D eigenvalue weighted by atomic mass is 10.1. The number of carbonyl (C=O) groups is 1. The molecule has 0 spiro atoms. The van der Waals surface area contributed by atoms with Gasteiger partial charge in [-0.05, 0) is 12.1 Å². The lowest BCUT2D eigenvalue weighted by Gasteiger charge is -2.29. The van der Waals surface area contributed by atoms with Crippen molar-refractivity contribution < 1.29 is 9.53 Å². The third-order valence-electron chi connectivity index (χ3n) is 5.90. The summed E-state index contributed by atoms with van der Waals surface area (Å²) in [6.45, 7) is 4.21. The van der Waals surface area contributed by atoms with E-state index in [-0.39, 0.29) is 6.03 Å². The van der Waals surface area contributed by atoms with Crippen LogP contribution < -0.4 is 10.2 Å². The van der Waals surface area contributed by atoms with Crippen molar-refractivity contribution in [2.24, 2.45) is 0 Å². The highest BCUT2D eigenvalue weighted by atomic mass is 32.1. The number of morpholine rings is 1. The molecule has 1 aromatic carbocycles. The number of nitrogens with one attached hydrogen (secondary N) is 2. The van der Waals surface area contributed by atoms with Crippen LogP contribution in [0.1, 0.15) is 5.69 Å². The topological polar surface area (TPSA) is 99.3 Å². The number of urea groups is 1. The number of nitrogens with zero attached hydrogens (tertiary/aromatic N) is 5. The third-order valence-corrected chi connectivity index (χ3v) is 6.33. The summed E-state index contributed by atoms with van der Waals surface area (Å²) >= 11 is 4.82. The zero-order valence-electron chi connectivity index (χ0n) is 20.4. The van der Waals surface area contributed by atoms with E-state index in [1.165, 1.54) is 0 Å². The number of anilines is 1. The van der Waals surface area contributed by atoms with Gasteiger partial charge in [0.1, 0.15) is 5.82 Å². The van der Waals surface area contributed by atoms with Gasteiger partial charge in [-0.25, -0.2) is 14.8 Å². The normalized spacial score (nSPS) is 17.9. The largest absolute Gasteiger partial charge is 0.378 e. The molecule has 3 aromatic rings. The minimum absolute atomic E-state index is 0.110. The molecule has 0 saturated carbocycles. The third kappa shape index (κ3) is 6.20. The average Bonchev–Trinajstić information content (AvgIpc) is 3.45. The number of H-pyrrole nitrogens is 1. The van der Waals surface area contributed by atoms with Crippen LogP contribution in [-0.4, -0.2) is 77.0 Å². The Morgan fingerprint density at radius 1 is 1.14 bits per heavy atom. The van der Waals surface area contributed by atoms with Crippen LogP contribution in [0.5, 0.6) is 0 Å². The summed E-state index contributed by atoms with van der Waals surface area (Å²) < 4.78 is 5.53. The maximum Gasteiger partial charge on any atom is 0.318 e. The summed E-state index contributed by atoms with van der Waals surface area (Å²) in [4.78, 5) is 26.9. The van der Waals surface area contributed by atoms with Gasteiger partial charge in [-0.2, -0.15) is 5.10 Å². The summed E-state index contributed by atoms with van der Waals surface area (Å²) in [5, 5.41) is 11.0. The average molecular weight is 516 g/mol. The Kier molecular flexibility index (Phi) is 8.97. The summed E-state index contributed by atoms with van der Waals surface area (Å²) in [5.41, 5.74) is 2.51. The lowest BCUT2D eigenvalue weighted by molar-refractivity contribution is 0.122. The molecule has 1 saturated heterocycles. The van der Waals surface area contributed by atoms with E-state index in [9.17, 15) is 4.79 Å². The predicted octanol–water partition coefficient (Wildman–Crippen LogP) is 3.55. The number of hydrogen-bond donors (Lipinski definition) is 3. The first-order valence-electron chi connectivity index (χ1n) is 11.9. The highest BCUT2D eigenvalue weighted by molar-refractivity contribution is 7.80. The van der Waals surface area contributed by atoms with Crippen LogP contribution in [0.25, 0.3) is 28.4 Å². The van der Waals surface area contributed by atoms with Gasteiger partial charge in [-0.3, -0.25) is 5.10 Å². The van der Waals surface area contributed by atoms with Crippen LogP contribution in [0.4, 0.5) is 10.6 Å². The van der Waals surface area contributed by atoms with Crippen molar-refractivity contribution in [2.75, 3.05) is 50.8 Å². The number of aromatic amines is 1. The molecule has 0 unspecified atom stereocenters. The molecule has 0 aliphatic carbocycles. The highest BCUT2D eigenvalue weighted by Gasteiger charge is 2.20. The summed E-state index contributed by atoms with van der Waals surface area (Å²) in [6, 6.07) is 5.82. The lowest BCUT2D eigenvalue weighted by Crippen LogP contribution is -2.40. The van der Waals surface area contributed by atoms with Gasteiger partial charge in [-0.1, -0.05) is 42.5 Å². The number of allylic oxidation sites excluding steroid dienone is 2. The van der Waals surface area contributed by atoms with Gasteiger partial charge in [0.2, 0.25) is 0 Å². The van der Waals surface area contributed by atoms with Gasteiger partial charge in [0, 0.05) is 43.7 Å². The SMILES string of the molecule is C#C.O=C1NC/C=C\C=C/CN1C/C=C/c1nc(-c2cccc3[nH]ncc23)nc(N2CCOCC2)c1S. The molecule has 2 amide bonds. The molecule has 5 rings (SSSR count). The van der Waals surface area contributed by atoms with Crippen LogP contribution in [0.2, 0.25) is 0 Å². The number of ether oxygens (including phenoxy) is 1. The molecule has 1 fully saturated rings. The standard InChI is InChI=1S/C25H27N7O2S.C2H2/c33-25-26-10-3-1-2-4-11-32(25)12-6-9-21-22(35)24(31-13-15-34-16-14-31)29-23(28-21)18-7-5-8-20-19(18)17-27-30-20;1-2/h1-9,17,35H,10-16H2,(H,26,33)(H,27,30);1-2H/b3-1-,4-2-,9-6+;. The number of fused-ring (bicyclic) bond motifs is 1. The van der Waals surface area contributed by atoms with Gasteiger partial charge in [-0.15, -0.1) is 25.5 Å². The first kappa shape index (κ1) is 26.0. The maximum atomic E-state index is 12.5. The minimum atomic E-state index is -0.110. The van der Waals surface area contributed by atoms with Gasteiger partial charge < -0.3 is 19.9 Å². The van der Waals surface area contributed by atoms with Crippen molar-refractivity contribution in [3.63, 3.8) is 0 Å². The van der Waals surface area contributed by atoms with Crippen molar-refractivity contribution in [2.45, 2.75) is 4.90 Å². The van der Waals surface area contributed by atoms with E-state index in [0.29, 0.717) is 49.3 Å². The minimum Gasteiger partial charge on any atom is -0.378 e. The number of hydrogen-bond acceptors (Lipinski definition) is 7. The smallest absolute Gasteiger partial charge is 0.318 e. The molecule has 2 N–H and O–H groups in total. The Balaban J connectivity index is 0.00000156. The van der Waals surface area contributed by atoms with E-state index < -0.39 is 0 Å². The van der Waals surface area contributed by atoms with Crippen molar-refractivity contribution in [3.8, 4) is 24.2 Å². The van der Waals surface area contributed by atoms with Crippen LogP contribution in [-0.2, 0) is 4.74 Å². The van der Waals surface area contributed by atoms with Gasteiger partial charge in [0.25, 0.3) is 0 Å². The van der Waals surface area contributed by atoms with E-state index >= 15 is 0 Å². The zero-order chi connectivity index (χ0) is 26.0. The molecule has 2 aromatic heterocycles. The molecule has 2 aliphatic rings. The van der Waals surface area contributed by atoms with E-state index in [1.54, 1.807) is 11.1 Å². The molecule has 2 aliphatic heterocycles. The molecular weight excluding hydrogens is 486 g/mol. The van der Waals surface area contributed by atoms with Crippen LogP contribution in [0.15, 0.2) is 59.7 Å². The number of thiol groups is 1. The molecular formula is C27H29N7O2S. The summed E-state index contributed by atoms with van der Waals surface area (Å²) in [6.07, 6.45) is 21.4. The molecule has 37 heavy (non-hydrogen) atoms. The molecule has 0 radical (unpaired) electrons. The van der Waals surface area contributed by atoms with Gasteiger partial charge in [0.05, 0.1) is 35.5 Å². The molecule has 0 atom stereocenters. The second-order valence-corrected chi connectivity index (χ2v) is 8.64. The molecule has 0 bridgehead atoms. The fourth-order valence-electron chi connectivity index (χ4n) is 4.06. The van der Waals surface area contributed by atoms with E-state index in [0.717, 1.165) is 35.4 Å². The number of terminal acetylenes is 1. The molecule has 4 heterocycles. The van der Waals surface area contributed by atoms with Crippen molar-refractivity contribution in [1.29, 1.82) is 0 Å². The Labute approximate surface area is 221 Å². The van der Waals surface area contributed by atoms with Gasteiger partial charge in [0.15, 0.2) is 5.82 Å². The number of carbonyl (C=O) groups excluding carboxylic acids is 1.